The Kier molecular flexibility index (Phi) is 3.51. The Morgan fingerprint density at radius 2 is 2.00 bits per heavy atom. The maximum absolute atomic E-state index is 11.1. The zero-order valence-corrected chi connectivity index (χ0v) is 9.79. The van der Waals surface area contributed by atoms with Crippen LogP contribution in [0.2, 0.25) is 0 Å². The summed E-state index contributed by atoms with van der Waals surface area (Å²) in [5, 5.41) is 10.0. The first-order valence-corrected chi connectivity index (χ1v) is 5.24. The number of carbonyl (C=O) groups is 1. The molecule has 0 saturated carbocycles. The Morgan fingerprint density at radius 1 is 1.40 bits per heavy atom. The Labute approximate surface area is 90.9 Å². The average molecular weight is 206 g/mol. The number of phenols is 1. The Bertz CT molecular complexity index is 378. The highest BCUT2D eigenvalue weighted by atomic mass is 16.3. The lowest BCUT2D eigenvalue weighted by atomic mass is 9.94. The third-order valence-electron chi connectivity index (χ3n) is 2.60. The normalized spacial score (nSPS) is 10.7. The van der Waals surface area contributed by atoms with Crippen molar-refractivity contribution in [1.82, 2.24) is 0 Å². The summed E-state index contributed by atoms with van der Waals surface area (Å²) in [5.41, 5.74) is 2.66. The summed E-state index contributed by atoms with van der Waals surface area (Å²) in [4.78, 5) is 11.1. The van der Waals surface area contributed by atoms with Gasteiger partial charge in [-0.2, -0.15) is 0 Å². The van der Waals surface area contributed by atoms with Crippen molar-refractivity contribution in [2.24, 2.45) is 0 Å². The standard InChI is InChI=1S/C13H18O2/c1-8(2)11-6-5-9(3)12(13(11)15)7-10(4)14/h5-6,8,15H,7H2,1-4H3. The van der Waals surface area contributed by atoms with E-state index in [1.54, 1.807) is 6.92 Å². The lowest BCUT2D eigenvalue weighted by molar-refractivity contribution is -0.116. The highest BCUT2D eigenvalue weighted by Crippen LogP contribution is 2.31. The number of rotatable bonds is 3. The van der Waals surface area contributed by atoms with Gasteiger partial charge < -0.3 is 5.11 Å². The van der Waals surface area contributed by atoms with Crippen LogP contribution in [0, 0.1) is 6.92 Å². The van der Waals surface area contributed by atoms with E-state index in [1.165, 1.54) is 0 Å². The van der Waals surface area contributed by atoms with Crippen LogP contribution in [0.4, 0.5) is 0 Å². The fraction of sp³-hybridized carbons (Fsp3) is 0.462. The van der Waals surface area contributed by atoms with Gasteiger partial charge in [0.25, 0.3) is 0 Å². The second-order valence-electron chi connectivity index (χ2n) is 4.33. The molecule has 0 amide bonds. The van der Waals surface area contributed by atoms with Crippen LogP contribution in [-0.2, 0) is 11.2 Å². The molecule has 0 aliphatic rings. The molecular weight excluding hydrogens is 188 g/mol. The van der Waals surface area contributed by atoms with Crippen molar-refractivity contribution in [3.05, 3.63) is 28.8 Å². The predicted octanol–water partition coefficient (Wildman–Crippen LogP) is 2.96. The van der Waals surface area contributed by atoms with Crippen LogP contribution in [0.5, 0.6) is 5.75 Å². The third kappa shape index (κ3) is 2.58. The van der Waals surface area contributed by atoms with E-state index in [1.807, 2.05) is 32.9 Å². The second-order valence-corrected chi connectivity index (χ2v) is 4.33. The summed E-state index contributed by atoms with van der Waals surface area (Å²) in [7, 11) is 0. The van der Waals surface area contributed by atoms with Gasteiger partial charge in [0.05, 0.1) is 0 Å². The molecule has 1 N–H and O–H groups in total. The molecule has 0 radical (unpaired) electrons. The van der Waals surface area contributed by atoms with Crippen molar-refractivity contribution in [2.45, 2.75) is 40.0 Å². The number of phenolic OH excluding ortho intramolecular Hbond substituents is 1. The third-order valence-corrected chi connectivity index (χ3v) is 2.60. The molecule has 0 aromatic heterocycles. The van der Waals surface area contributed by atoms with Gasteiger partial charge in [-0.25, -0.2) is 0 Å². The number of hydrogen-bond acceptors (Lipinski definition) is 2. The van der Waals surface area contributed by atoms with Crippen LogP contribution in [0.3, 0.4) is 0 Å². The summed E-state index contributed by atoms with van der Waals surface area (Å²) < 4.78 is 0. The Balaban J connectivity index is 3.23. The van der Waals surface area contributed by atoms with Gasteiger partial charge in [0.15, 0.2) is 0 Å². The lowest BCUT2D eigenvalue weighted by Crippen LogP contribution is -2.02. The van der Waals surface area contributed by atoms with E-state index in [4.69, 9.17) is 0 Å². The zero-order chi connectivity index (χ0) is 11.6. The number of benzene rings is 1. The minimum Gasteiger partial charge on any atom is -0.507 e. The highest BCUT2D eigenvalue weighted by molar-refractivity contribution is 5.79. The molecule has 0 fully saturated rings. The molecule has 0 atom stereocenters. The van der Waals surface area contributed by atoms with Crippen LogP contribution >= 0.6 is 0 Å². The number of aryl methyl sites for hydroxylation is 1. The van der Waals surface area contributed by atoms with Crippen molar-refractivity contribution in [3.8, 4) is 5.75 Å². The number of ketones is 1. The van der Waals surface area contributed by atoms with Gasteiger partial charge in [0, 0.05) is 12.0 Å². The van der Waals surface area contributed by atoms with E-state index in [0.717, 1.165) is 16.7 Å². The molecule has 2 nitrogen and oxygen atoms in total. The molecule has 1 rings (SSSR count). The summed E-state index contributed by atoms with van der Waals surface area (Å²) >= 11 is 0. The van der Waals surface area contributed by atoms with Crippen molar-refractivity contribution in [3.63, 3.8) is 0 Å². The van der Waals surface area contributed by atoms with E-state index in [2.05, 4.69) is 0 Å². The van der Waals surface area contributed by atoms with E-state index >= 15 is 0 Å². The quantitative estimate of drug-likeness (QED) is 0.825. The predicted molar refractivity (Wildman–Crippen MR) is 61.3 cm³/mol. The van der Waals surface area contributed by atoms with E-state index < -0.39 is 0 Å². The lowest BCUT2D eigenvalue weighted by Gasteiger charge is -2.14. The Morgan fingerprint density at radius 3 is 2.47 bits per heavy atom. The van der Waals surface area contributed by atoms with Crippen LogP contribution in [0.15, 0.2) is 12.1 Å². The molecule has 0 heterocycles. The Hall–Kier alpha value is -1.31. The zero-order valence-electron chi connectivity index (χ0n) is 9.79. The smallest absolute Gasteiger partial charge is 0.134 e. The molecule has 1 aromatic carbocycles. The highest BCUT2D eigenvalue weighted by Gasteiger charge is 2.13. The van der Waals surface area contributed by atoms with E-state index in [9.17, 15) is 9.90 Å². The number of hydrogen-bond donors (Lipinski definition) is 1. The molecule has 0 aliphatic carbocycles. The van der Waals surface area contributed by atoms with E-state index in [-0.39, 0.29) is 11.7 Å². The molecule has 1 aromatic rings. The topological polar surface area (TPSA) is 37.3 Å². The fourth-order valence-electron chi connectivity index (χ4n) is 1.69. The van der Waals surface area contributed by atoms with Gasteiger partial charge in [0.1, 0.15) is 11.5 Å². The number of carbonyl (C=O) groups excluding carboxylic acids is 1. The number of aromatic hydroxyl groups is 1. The van der Waals surface area contributed by atoms with Crippen LogP contribution in [0.1, 0.15) is 43.4 Å². The van der Waals surface area contributed by atoms with Gasteiger partial charge in [-0.3, -0.25) is 4.79 Å². The van der Waals surface area contributed by atoms with Crippen molar-refractivity contribution >= 4 is 5.78 Å². The van der Waals surface area contributed by atoms with Crippen molar-refractivity contribution in [2.75, 3.05) is 0 Å². The molecular formula is C13H18O2. The SMILES string of the molecule is CC(=O)Cc1c(C)ccc(C(C)C)c1O. The van der Waals surface area contributed by atoms with E-state index in [0.29, 0.717) is 12.2 Å². The van der Waals surface area contributed by atoms with Gasteiger partial charge in [0.2, 0.25) is 0 Å². The summed E-state index contributed by atoms with van der Waals surface area (Å²) in [5.74, 6) is 0.644. The second kappa shape index (κ2) is 4.47. The molecule has 15 heavy (non-hydrogen) atoms. The van der Waals surface area contributed by atoms with Gasteiger partial charge in [-0.1, -0.05) is 26.0 Å². The number of Topliss-reactive ketones (excluding diaryl/α,β-unsaturated/α-hetero) is 1. The van der Waals surface area contributed by atoms with Gasteiger partial charge in [-0.05, 0) is 30.9 Å². The van der Waals surface area contributed by atoms with Gasteiger partial charge in [-0.15, -0.1) is 0 Å². The average Bonchev–Trinajstić information content (AvgIpc) is 2.11. The first-order chi connectivity index (χ1) is 6.93. The summed E-state index contributed by atoms with van der Waals surface area (Å²) in [6.45, 7) is 7.52. The molecule has 0 aliphatic heterocycles. The van der Waals surface area contributed by atoms with Crippen LogP contribution in [0.25, 0.3) is 0 Å². The minimum atomic E-state index is 0.0781. The van der Waals surface area contributed by atoms with Crippen molar-refractivity contribution < 1.29 is 9.90 Å². The summed E-state index contributed by atoms with van der Waals surface area (Å²) in [6, 6.07) is 3.90. The summed E-state index contributed by atoms with van der Waals surface area (Å²) in [6.07, 6.45) is 0.318. The maximum atomic E-state index is 11.1. The molecule has 0 spiro atoms. The molecule has 2 heteroatoms. The first-order valence-electron chi connectivity index (χ1n) is 5.24. The van der Waals surface area contributed by atoms with Crippen molar-refractivity contribution in [1.29, 1.82) is 0 Å². The fourth-order valence-corrected chi connectivity index (χ4v) is 1.69. The largest absolute Gasteiger partial charge is 0.507 e. The molecule has 0 saturated heterocycles. The van der Waals surface area contributed by atoms with Crippen LogP contribution < -0.4 is 0 Å². The molecule has 0 bridgehead atoms. The minimum absolute atomic E-state index is 0.0781. The monoisotopic (exact) mass is 206 g/mol. The molecule has 0 unspecified atom stereocenters. The maximum Gasteiger partial charge on any atom is 0.134 e. The first kappa shape index (κ1) is 11.8. The molecule has 82 valence electrons. The van der Waals surface area contributed by atoms with Crippen LogP contribution in [-0.4, -0.2) is 10.9 Å². The van der Waals surface area contributed by atoms with Gasteiger partial charge >= 0.3 is 0 Å².